The predicted octanol–water partition coefficient (Wildman–Crippen LogP) is 13.5. The summed E-state index contributed by atoms with van der Waals surface area (Å²) >= 11 is 14.0. The van der Waals surface area contributed by atoms with Crippen molar-refractivity contribution in [3.63, 3.8) is 0 Å². The Morgan fingerprint density at radius 3 is 1.14 bits per heavy atom. The number of carbonyl (C=O) groups excluding carboxylic acids is 7. The van der Waals surface area contributed by atoms with Crippen LogP contribution in [0.4, 0.5) is 30.6 Å². The molecule has 10 rings (SSSR count). The van der Waals surface area contributed by atoms with E-state index in [9.17, 15) is 28.8 Å². The second-order valence-electron chi connectivity index (χ2n) is 26.7. The van der Waals surface area contributed by atoms with E-state index in [0.29, 0.717) is 140 Å². The fourth-order valence-electron chi connectivity index (χ4n) is 11.8. The van der Waals surface area contributed by atoms with Gasteiger partial charge in [-0.05, 0) is 192 Å². The van der Waals surface area contributed by atoms with Crippen molar-refractivity contribution in [3.05, 3.63) is 105 Å². The number of carbonyl (C=O) groups is 7. The molecule has 4 aromatic carbocycles. The molecule has 0 saturated carbocycles. The second-order valence-corrected chi connectivity index (χ2v) is 27.5. The molecule has 19 nitrogen and oxygen atoms in total. The van der Waals surface area contributed by atoms with E-state index in [1.807, 2.05) is 53.7 Å². The molecule has 86 heavy (non-hydrogen) atoms. The highest BCUT2D eigenvalue weighted by Crippen LogP contribution is 2.47. The zero-order valence-corrected chi connectivity index (χ0v) is 52.4. The lowest BCUT2D eigenvalue weighted by molar-refractivity contribution is -0.123. The fourth-order valence-corrected chi connectivity index (χ4v) is 12.3. The number of anilines is 2. The van der Waals surface area contributed by atoms with Crippen LogP contribution in [0, 0.1) is 11.8 Å². The standard InChI is InChI=1S/C65H76Cl2N8O11/c1-62(2,3)83-58(79)72-25-21-35(22-26-72)56(77)70-39-13-19-47-37(29-39)31-49(74(47)60(81)85-64(7,8)9)41-15-17-45(66)43-33-68-53(51(41)43)55(76)54-52-42(16-18-46(67)44(52)34-69-54)50-32-38-30-40(14-20-48(38)75(50)61(82)86-65(10,11)12)71-57(78)36-23-27-73(28-24-36)59(80)84-63(4,5)6/h13-20,29-32,35-36,53-54,68-69H,21-28,33-34H2,1-12H3,(H,70,77)(H,71,78). The average Bonchev–Trinajstić information content (AvgIpc) is 1.69. The first-order chi connectivity index (χ1) is 40.3. The fraction of sp³-hybridized carbons (Fsp3) is 0.462. The third kappa shape index (κ3) is 13.1. The summed E-state index contributed by atoms with van der Waals surface area (Å²) in [6.07, 6.45) is -0.298. The van der Waals surface area contributed by atoms with Gasteiger partial charge in [-0.15, -0.1) is 0 Å². The van der Waals surface area contributed by atoms with Gasteiger partial charge < -0.3 is 39.4 Å². The topological polar surface area (TPSA) is 221 Å². The minimum Gasteiger partial charge on any atom is -0.444 e. The van der Waals surface area contributed by atoms with Gasteiger partial charge in [-0.2, -0.15) is 0 Å². The zero-order valence-electron chi connectivity index (χ0n) is 50.8. The monoisotopic (exact) mass is 1210 g/mol. The summed E-state index contributed by atoms with van der Waals surface area (Å²) < 4.78 is 26.2. The highest BCUT2D eigenvalue weighted by Gasteiger charge is 2.43. The molecule has 6 heterocycles. The van der Waals surface area contributed by atoms with Crippen LogP contribution in [0.15, 0.2) is 72.8 Å². The van der Waals surface area contributed by atoms with Crippen molar-refractivity contribution in [1.82, 2.24) is 29.6 Å². The number of aromatic nitrogens is 2. The number of likely N-dealkylation sites (tertiary alicyclic amines) is 2. The van der Waals surface area contributed by atoms with E-state index in [2.05, 4.69) is 21.3 Å². The van der Waals surface area contributed by atoms with Gasteiger partial charge in [0.05, 0.1) is 34.5 Å². The van der Waals surface area contributed by atoms with E-state index in [1.165, 1.54) is 9.13 Å². The maximum Gasteiger partial charge on any atom is 0.419 e. The van der Waals surface area contributed by atoms with E-state index >= 15 is 4.79 Å². The summed E-state index contributed by atoms with van der Waals surface area (Å²) in [6, 6.07) is 19.3. The molecule has 0 spiro atoms. The van der Waals surface area contributed by atoms with Crippen LogP contribution in [-0.2, 0) is 46.4 Å². The molecular weight excluding hydrogens is 1140 g/mol. The van der Waals surface area contributed by atoms with Gasteiger partial charge >= 0.3 is 24.4 Å². The molecule has 2 aromatic heterocycles. The first-order valence-electron chi connectivity index (χ1n) is 29.3. The number of nitrogens with zero attached hydrogens (tertiary/aromatic N) is 4. The molecule has 2 fully saturated rings. The Kier molecular flexibility index (Phi) is 16.7. The van der Waals surface area contributed by atoms with Crippen LogP contribution in [0.1, 0.15) is 143 Å². The lowest BCUT2D eigenvalue weighted by atomic mass is 9.87. The highest BCUT2D eigenvalue weighted by atomic mass is 35.5. The largest absolute Gasteiger partial charge is 0.444 e. The number of Topliss-reactive ketones (excluding diaryl/α,β-unsaturated/α-hetero) is 1. The molecule has 2 unspecified atom stereocenters. The average molecular weight is 1220 g/mol. The number of benzene rings is 4. The number of halogens is 2. The maximum absolute atomic E-state index is 15.7. The Labute approximate surface area is 510 Å². The lowest BCUT2D eigenvalue weighted by Crippen LogP contribution is -2.43. The molecule has 0 aliphatic carbocycles. The predicted molar refractivity (Wildman–Crippen MR) is 331 cm³/mol. The molecule has 456 valence electrons. The van der Waals surface area contributed by atoms with Crippen molar-refractivity contribution >= 4 is 98.4 Å². The summed E-state index contributed by atoms with van der Waals surface area (Å²) in [5.74, 6) is -1.36. The lowest BCUT2D eigenvalue weighted by Gasteiger charge is -2.32. The van der Waals surface area contributed by atoms with Gasteiger partial charge in [0.2, 0.25) is 11.8 Å². The summed E-state index contributed by atoms with van der Waals surface area (Å²) in [6.45, 7) is 23.5. The molecule has 4 aliphatic rings. The Hall–Kier alpha value is -7.45. The van der Waals surface area contributed by atoms with Crippen LogP contribution >= 0.6 is 23.2 Å². The van der Waals surface area contributed by atoms with E-state index in [4.69, 9.17) is 42.1 Å². The summed E-state index contributed by atoms with van der Waals surface area (Å²) in [5, 5.41) is 15.1. The Balaban J connectivity index is 0.971. The minimum absolute atomic E-state index is 0.192. The van der Waals surface area contributed by atoms with Crippen molar-refractivity contribution in [2.75, 3.05) is 36.8 Å². The molecule has 6 aromatic rings. The number of hydrogen-bond acceptors (Lipinski definition) is 13. The van der Waals surface area contributed by atoms with E-state index in [-0.39, 0.29) is 42.5 Å². The molecular formula is C65H76Cl2N8O11. The van der Waals surface area contributed by atoms with Gasteiger partial charge in [-0.1, -0.05) is 35.3 Å². The van der Waals surface area contributed by atoms with Crippen molar-refractivity contribution in [1.29, 1.82) is 0 Å². The first kappa shape index (κ1) is 61.6. The van der Waals surface area contributed by atoms with Crippen LogP contribution in [0.5, 0.6) is 0 Å². The van der Waals surface area contributed by atoms with Crippen molar-refractivity contribution in [2.45, 2.75) is 156 Å². The number of ketones is 1. The number of fused-ring (bicyclic) bond motifs is 4. The van der Waals surface area contributed by atoms with Crippen LogP contribution in [-0.4, -0.2) is 109 Å². The van der Waals surface area contributed by atoms with Crippen LogP contribution in [0.25, 0.3) is 44.3 Å². The molecule has 4 amide bonds. The molecule has 2 atom stereocenters. The summed E-state index contributed by atoms with van der Waals surface area (Å²) in [7, 11) is 0. The highest BCUT2D eigenvalue weighted by molar-refractivity contribution is 6.32. The molecule has 2 saturated heterocycles. The van der Waals surface area contributed by atoms with Crippen LogP contribution < -0.4 is 21.3 Å². The third-order valence-corrected chi connectivity index (χ3v) is 16.3. The number of rotatable bonds is 8. The normalized spacial score (nSPS) is 17.7. The van der Waals surface area contributed by atoms with Crippen molar-refractivity contribution in [3.8, 4) is 22.5 Å². The molecule has 4 aliphatic heterocycles. The minimum atomic E-state index is -0.983. The number of nitrogens with one attached hydrogen (secondary N) is 4. The van der Waals surface area contributed by atoms with E-state index in [0.717, 1.165) is 0 Å². The quantitative estimate of drug-likeness (QED) is 0.104. The molecule has 0 radical (unpaired) electrons. The maximum atomic E-state index is 15.7. The third-order valence-electron chi connectivity index (χ3n) is 15.6. The molecule has 0 bridgehead atoms. The number of amides is 4. The Morgan fingerprint density at radius 2 is 0.802 bits per heavy atom. The van der Waals surface area contributed by atoms with Gasteiger partial charge in [0.1, 0.15) is 22.4 Å². The SMILES string of the molecule is CC(C)(C)OC(=O)N1CCC(C(=O)Nc2ccc3c(c2)cc(-c2ccc(Cl)c4c2C(C(=O)C2NCc5c(Cl)ccc(-c6cc7cc(NC(=O)C8CCN(C(=O)OC(C)(C)C)CC8)ccc7n6C(=O)OC(C)(C)C)c52)NC4)n3C(=O)OC(C)(C)C)CC1. The first-order valence-corrected chi connectivity index (χ1v) is 30.1. The second kappa shape index (κ2) is 23.3. The van der Waals surface area contributed by atoms with Crippen molar-refractivity contribution in [2.24, 2.45) is 11.8 Å². The molecule has 21 heteroatoms. The number of hydrogen-bond donors (Lipinski definition) is 4. The van der Waals surface area contributed by atoms with Crippen LogP contribution in [0.3, 0.4) is 0 Å². The summed E-state index contributed by atoms with van der Waals surface area (Å²) in [4.78, 5) is 101. The van der Waals surface area contributed by atoms with Gasteiger partial charge in [0, 0.05) is 94.4 Å². The number of piperidine rings is 2. The van der Waals surface area contributed by atoms with Gasteiger partial charge in [0.25, 0.3) is 0 Å². The molecule has 4 N–H and O–H groups in total. The smallest absolute Gasteiger partial charge is 0.419 e. The van der Waals surface area contributed by atoms with Crippen LogP contribution in [0.2, 0.25) is 10.0 Å². The van der Waals surface area contributed by atoms with Gasteiger partial charge in [-0.3, -0.25) is 25.0 Å². The zero-order chi connectivity index (χ0) is 62.1. The summed E-state index contributed by atoms with van der Waals surface area (Å²) in [5.41, 5.74) is 3.32. The Morgan fingerprint density at radius 1 is 0.465 bits per heavy atom. The van der Waals surface area contributed by atoms with E-state index in [1.54, 1.807) is 112 Å². The number of ether oxygens (including phenoxy) is 4. The van der Waals surface area contributed by atoms with E-state index < -0.39 is 58.9 Å². The van der Waals surface area contributed by atoms with Crippen molar-refractivity contribution < 1.29 is 52.5 Å². The van der Waals surface area contributed by atoms with Gasteiger partial charge in [0.15, 0.2) is 5.78 Å². The Bertz CT molecular complexity index is 3490. The van der Waals surface area contributed by atoms with Gasteiger partial charge in [-0.25, -0.2) is 28.3 Å².